The number of methoxy groups -OCH3 is 1. The van der Waals surface area contributed by atoms with Gasteiger partial charge in [0.1, 0.15) is 12.1 Å². The van der Waals surface area contributed by atoms with E-state index in [0.29, 0.717) is 17.0 Å². The van der Waals surface area contributed by atoms with Gasteiger partial charge in [0.25, 0.3) is 5.56 Å². The highest BCUT2D eigenvalue weighted by Crippen LogP contribution is 2.15. The molecule has 7 heteroatoms. The van der Waals surface area contributed by atoms with Crippen LogP contribution in [0.3, 0.4) is 0 Å². The molecule has 0 spiro atoms. The van der Waals surface area contributed by atoms with Crippen molar-refractivity contribution in [3.8, 4) is 0 Å². The molecule has 0 atom stereocenters. The van der Waals surface area contributed by atoms with Crippen LogP contribution in [-0.2, 0) is 16.1 Å². The van der Waals surface area contributed by atoms with Gasteiger partial charge in [-0.05, 0) is 18.6 Å². The number of carbonyl (C=O) groups is 1. The SMILES string of the molecule is C=C(C)c1cc2c(=O)n(CC(=O)OC)nc(C(C)C)n2n1. The lowest BCUT2D eigenvalue weighted by Crippen LogP contribution is -2.31. The molecule has 0 N–H and O–H groups in total. The van der Waals surface area contributed by atoms with Crippen LogP contribution in [-0.4, -0.2) is 32.5 Å². The first-order valence-electron chi connectivity index (χ1n) is 6.58. The molecule has 7 nitrogen and oxygen atoms in total. The van der Waals surface area contributed by atoms with Crippen LogP contribution in [0.4, 0.5) is 0 Å². The fourth-order valence-corrected chi connectivity index (χ4v) is 1.91. The number of nitrogens with zero attached hydrogens (tertiary/aromatic N) is 4. The molecule has 21 heavy (non-hydrogen) atoms. The molecule has 0 aliphatic rings. The molecule has 2 rings (SSSR count). The largest absolute Gasteiger partial charge is 0.468 e. The third kappa shape index (κ3) is 2.72. The van der Waals surface area contributed by atoms with E-state index in [1.165, 1.54) is 11.6 Å². The molecule has 0 radical (unpaired) electrons. The van der Waals surface area contributed by atoms with Gasteiger partial charge in [-0.2, -0.15) is 10.2 Å². The summed E-state index contributed by atoms with van der Waals surface area (Å²) in [5, 5.41) is 8.59. The van der Waals surface area contributed by atoms with Gasteiger partial charge in [-0.25, -0.2) is 9.20 Å². The zero-order chi connectivity index (χ0) is 15.7. The maximum atomic E-state index is 12.4. The minimum Gasteiger partial charge on any atom is -0.468 e. The van der Waals surface area contributed by atoms with E-state index in [2.05, 4.69) is 21.5 Å². The molecule has 0 aliphatic heterocycles. The van der Waals surface area contributed by atoms with Crippen LogP contribution in [0, 0.1) is 0 Å². The summed E-state index contributed by atoms with van der Waals surface area (Å²) in [5.41, 5.74) is 1.37. The fourth-order valence-electron chi connectivity index (χ4n) is 1.91. The number of fused-ring (bicyclic) bond motifs is 1. The average Bonchev–Trinajstić information content (AvgIpc) is 2.86. The van der Waals surface area contributed by atoms with Crippen LogP contribution < -0.4 is 5.56 Å². The topological polar surface area (TPSA) is 78.5 Å². The third-order valence-corrected chi connectivity index (χ3v) is 3.06. The summed E-state index contributed by atoms with van der Waals surface area (Å²) in [6, 6.07) is 1.66. The van der Waals surface area contributed by atoms with E-state index in [0.717, 1.165) is 10.3 Å². The number of hydrogen-bond donors (Lipinski definition) is 0. The quantitative estimate of drug-likeness (QED) is 0.791. The van der Waals surface area contributed by atoms with Crippen molar-refractivity contribution in [2.45, 2.75) is 33.2 Å². The standard InChI is InChI=1S/C14H18N4O3/c1-8(2)10-6-11-14(20)17(7-12(19)21-5)16-13(9(3)4)18(11)15-10/h6,9H,1,7H2,2-5H3. The van der Waals surface area contributed by atoms with Gasteiger partial charge in [0.05, 0.1) is 12.8 Å². The first-order valence-corrected chi connectivity index (χ1v) is 6.58. The van der Waals surface area contributed by atoms with Gasteiger partial charge in [-0.1, -0.05) is 20.4 Å². The van der Waals surface area contributed by atoms with Crippen molar-refractivity contribution in [3.63, 3.8) is 0 Å². The first kappa shape index (κ1) is 15.0. The van der Waals surface area contributed by atoms with Gasteiger partial charge in [0.2, 0.25) is 0 Å². The molecule has 2 heterocycles. The second-order valence-electron chi connectivity index (χ2n) is 5.16. The van der Waals surface area contributed by atoms with E-state index < -0.39 is 5.97 Å². The van der Waals surface area contributed by atoms with Crippen LogP contribution in [0.15, 0.2) is 17.4 Å². The molecule has 0 unspecified atom stereocenters. The number of ether oxygens (including phenoxy) is 1. The molecule has 0 aliphatic carbocycles. The van der Waals surface area contributed by atoms with Crippen molar-refractivity contribution >= 4 is 17.1 Å². The third-order valence-electron chi connectivity index (χ3n) is 3.06. The summed E-state index contributed by atoms with van der Waals surface area (Å²) in [6.45, 7) is 9.31. The van der Waals surface area contributed by atoms with Crippen LogP contribution in [0.25, 0.3) is 11.1 Å². The number of allylic oxidation sites excluding steroid dienone is 1. The monoisotopic (exact) mass is 290 g/mol. The first-order chi connectivity index (χ1) is 9.85. The van der Waals surface area contributed by atoms with Gasteiger partial charge in [0.15, 0.2) is 5.82 Å². The van der Waals surface area contributed by atoms with E-state index in [1.54, 1.807) is 6.07 Å². The Balaban J connectivity index is 2.73. The minimum atomic E-state index is -0.525. The Morgan fingerprint density at radius 3 is 2.62 bits per heavy atom. The molecule has 0 aromatic carbocycles. The predicted octanol–water partition coefficient (Wildman–Crippen LogP) is 1.22. The highest BCUT2D eigenvalue weighted by atomic mass is 16.5. The zero-order valence-electron chi connectivity index (χ0n) is 12.6. The minimum absolute atomic E-state index is 0.0369. The Labute approximate surface area is 121 Å². The second-order valence-corrected chi connectivity index (χ2v) is 5.16. The van der Waals surface area contributed by atoms with Crippen molar-refractivity contribution in [2.24, 2.45) is 0 Å². The average molecular weight is 290 g/mol. The molecule has 0 bridgehead atoms. The Bertz CT molecular complexity index is 770. The molecule has 2 aromatic heterocycles. The molecule has 0 saturated carbocycles. The summed E-state index contributed by atoms with van der Waals surface area (Å²) in [7, 11) is 1.27. The van der Waals surface area contributed by atoms with E-state index >= 15 is 0 Å². The molecule has 112 valence electrons. The summed E-state index contributed by atoms with van der Waals surface area (Å²) >= 11 is 0. The Morgan fingerprint density at radius 1 is 1.43 bits per heavy atom. The highest BCUT2D eigenvalue weighted by Gasteiger charge is 2.17. The van der Waals surface area contributed by atoms with Crippen molar-refractivity contribution in [3.05, 3.63) is 34.5 Å². The lowest BCUT2D eigenvalue weighted by Gasteiger charge is -2.10. The van der Waals surface area contributed by atoms with Crippen LogP contribution in [0.2, 0.25) is 0 Å². The number of carbonyl (C=O) groups excluding carboxylic acids is 1. The molecule has 0 amide bonds. The Morgan fingerprint density at radius 2 is 2.10 bits per heavy atom. The van der Waals surface area contributed by atoms with Gasteiger partial charge in [-0.3, -0.25) is 9.59 Å². The van der Waals surface area contributed by atoms with Crippen molar-refractivity contribution in [1.29, 1.82) is 0 Å². The summed E-state index contributed by atoms with van der Waals surface area (Å²) in [4.78, 5) is 23.8. The van der Waals surface area contributed by atoms with E-state index in [1.807, 2.05) is 20.8 Å². The lowest BCUT2D eigenvalue weighted by atomic mass is 10.2. The van der Waals surface area contributed by atoms with E-state index in [9.17, 15) is 9.59 Å². The van der Waals surface area contributed by atoms with Gasteiger partial charge in [0, 0.05) is 5.92 Å². The fraction of sp³-hybridized carbons (Fsp3) is 0.429. The summed E-state index contributed by atoms with van der Waals surface area (Å²) in [5.74, 6) is 0.110. The predicted molar refractivity (Wildman–Crippen MR) is 78.1 cm³/mol. The van der Waals surface area contributed by atoms with Gasteiger partial charge in [-0.15, -0.1) is 0 Å². The van der Waals surface area contributed by atoms with Crippen LogP contribution in [0.5, 0.6) is 0 Å². The number of aromatic nitrogens is 4. The van der Waals surface area contributed by atoms with Crippen LogP contribution in [0.1, 0.15) is 38.2 Å². The van der Waals surface area contributed by atoms with E-state index in [4.69, 9.17) is 0 Å². The number of rotatable bonds is 4. The molecular formula is C14H18N4O3. The van der Waals surface area contributed by atoms with Crippen LogP contribution >= 0.6 is 0 Å². The lowest BCUT2D eigenvalue weighted by molar-refractivity contribution is -0.141. The Kier molecular flexibility index (Phi) is 3.93. The Hall–Kier alpha value is -2.44. The maximum absolute atomic E-state index is 12.4. The number of esters is 1. The molecule has 2 aromatic rings. The summed E-state index contributed by atoms with van der Waals surface area (Å²) < 4.78 is 7.22. The van der Waals surface area contributed by atoms with Crippen molar-refractivity contribution in [1.82, 2.24) is 19.4 Å². The molecular weight excluding hydrogens is 272 g/mol. The second kappa shape index (κ2) is 5.51. The van der Waals surface area contributed by atoms with Gasteiger partial charge >= 0.3 is 5.97 Å². The zero-order valence-corrected chi connectivity index (χ0v) is 12.6. The molecule has 0 fully saturated rings. The maximum Gasteiger partial charge on any atom is 0.327 e. The van der Waals surface area contributed by atoms with Gasteiger partial charge < -0.3 is 4.74 Å². The molecule has 0 saturated heterocycles. The number of hydrogen-bond acceptors (Lipinski definition) is 5. The van der Waals surface area contributed by atoms with E-state index in [-0.39, 0.29) is 18.0 Å². The normalized spacial score (nSPS) is 11.1. The smallest absolute Gasteiger partial charge is 0.327 e. The highest BCUT2D eigenvalue weighted by molar-refractivity contribution is 5.69. The summed E-state index contributed by atoms with van der Waals surface area (Å²) in [6.07, 6.45) is 0. The van der Waals surface area contributed by atoms with Crippen molar-refractivity contribution < 1.29 is 9.53 Å². The van der Waals surface area contributed by atoms with Crippen molar-refractivity contribution in [2.75, 3.05) is 7.11 Å².